The molecule has 2 fully saturated rings. The van der Waals surface area contributed by atoms with Gasteiger partial charge in [-0.25, -0.2) is 0 Å². The van der Waals surface area contributed by atoms with Crippen molar-refractivity contribution >= 4 is 16.9 Å². The second-order valence-corrected chi connectivity index (χ2v) is 8.61. The molecule has 0 radical (unpaired) electrons. The van der Waals surface area contributed by atoms with E-state index in [0.717, 1.165) is 24.9 Å². The average Bonchev–Trinajstić information content (AvgIpc) is 2.56. The van der Waals surface area contributed by atoms with E-state index in [9.17, 15) is 0 Å². The van der Waals surface area contributed by atoms with Gasteiger partial charge < -0.3 is 5.32 Å². The summed E-state index contributed by atoms with van der Waals surface area (Å²) in [6.45, 7) is 4.60. The van der Waals surface area contributed by atoms with Gasteiger partial charge in [-0.3, -0.25) is 4.99 Å². The number of nitrogens with one attached hydrogen (secondary N) is 1. The molecular weight excluding hydrogens is 276 g/mol. The summed E-state index contributed by atoms with van der Waals surface area (Å²) < 4.78 is 0. The van der Waals surface area contributed by atoms with E-state index in [1.165, 1.54) is 75.1 Å². The Hall–Kier alpha value is -0.180. The normalized spacial score (nSPS) is 32.7. The number of thioether (sulfide) groups is 1. The van der Waals surface area contributed by atoms with Gasteiger partial charge in [0, 0.05) is 18.8 Å². The van der Waals surface area contributed by atoms with Crippen molar-refractivity contribution in [2.75, 3.05) is 18.8 Å². The van der Waals surface area contributed by atoms with E-state index < -0.39 is 0 Å². The van der Waals surface area contributed by atoms with Crippen molar-refractivity contribution in [2.24, 2.45) is 22.2 Å². The number of aliphatic imine (C=N–C) groups is 1. The molecule has 0 atom stereocenters. The van der Waals surface area contributed by atoms with Crippen molar-refractivity contribution < 1.29 is 0 Å². The Morgan fingerprint density at radius 3 is 2.43 bits per heavy atom. The zero-order valence-electron chi connectivity index (χ0n) is 13.7. The van der Waals surface area contributed by atoms with Gasteiger partial charge in [0.2, 0.25) is 0 Å². The highest BCUT2D eigenvalue weighted by atomic mass is 32.2. The van der Waals surface area contributed by atoms with Crippen molar-refractivity contribution in [3.8, 4) is 0 Å². The molecule has 21 heavy (non-hydrogen) atoms. The van der Waals surface area contributed by atoms with Gasteiger partial charge in [0.25, 0.3) is 0 Å². The maximum atomic E-state index is 4.89. The predicted octanol–water partition coefficient (Wildman–Crippen LogP) is 4.85. The van der Waals surface area contributed by atoms with E-state index in [2.05, 4.69) is 12.2 Å². The van der Waals surface area contributed by atoms with E-state index >= 15 is 0 Å². The standard InChI is InChI=1S/C18H32N2S/c1-2-15-6-8-16(9-7-15)12-19-17-20-13-18(14-21-17)10-4-3-5-11-18/h15-16H,2-14H2,1H3,(H,19,20). The Bertz CT molecular complexity index is 352. The highest BCUT2D eigenvalue weighted by molar-refractivity contribution is 8.13. The van der Waals surface area contributed by atoms with E-state index in [0.29, 0.717) is 5.41 Å². The summed E-state index contributed by atoms with van der Waals surface area (Å²) in [6, 6.07) is 0. The zero-order chi connectivity index (χ0) is 14.5. The highest BCUT2D eigenvalue weighted by Gasteiger charge is 2.34. The van der Waals surface area contributed by atoms with Crippen LogP contribution in [0.4, 0.5) is 0 Å². The van der Waals surface area contributed by atoms with Gasteiger partial charge in [-0.05, 0) is 42.9 Å². The predicted molar refractivity (Wildman–Crippen MR) is 94.0 cm³/mol. The van der Waals surface area contributed by atoms with Crippen LogP contribution in [0, 0.1) is 17.3 Å². The van der Waals surface area contributed by atoms with Crippen molar-refractivity contribution in [3.63, 3.8) is 0 Å². The van der Waals surface area contributed by atoms with Crippen LogP contribution in [0.25, 0.3) is 0 Å². The number of nitrogens with zero attached hydrogens (tertiary/aromatic N) is 1. The Balaban J connectivity index is 1.40. The molecule has 0 saturated heterocycles. The molecule has 2 saturated carbocycles. The van der Waals surface area contributed by atoms with Gasteiger partial charge in [0.05, 0.1) is 0 Å². The smallest absolute Gasteiger partial charge is 0.156 e. The molecule has 1 aliphatic heterocycles. The maximum Gasteiger partial charge on any atom is 0.156 e. The fourth-order valence-corrected chi connectivity index (χ4v) is 5.50. The van der Waals surface area contributed by atoms with Gasteiger partial charge in [-0.2, -0.15) is 0 Å². The van der Waals surface area contributed by atoms with Crippen molar-refractivity contribution in [1.82, 2.24) is 5.32 Å². The topological polar surface area (TPSA) is 24.4 Å². The summed E-state index contributed by atoms with van der Waals surface area (Å²) in [7, 11) is 0. The summed E-state index contributed by atoms with van der Waals surface area (Å²) >= 11 is 2.00. The van der Waals surface area contributed by atoms with Crippen LogP contribution in [0.5, 0.6) is 0 Å². The first-order valence-electron chi connectivity index (χ1n) is 9.21. The lowest BCUT2D eigenvalue weighted by molar-refractivity contribution is 0.232. The molecule has 2 nitrogen and oxygen atoms in total. The summed E-state index contributed by atoms with van der Waals surface area (Å²) in [5.41, 5.74) is 0.563. The molecule has 0 amide bonds. The fraction of sp³-hybridized carbons (Fsp3) is 0.944. The number of rotatable bonds is 3. The van der Waals surface area contributed by atoms with Gasteiger partial charge in [0.1, 0.15) is 0 Å². The van der Waals surface area contributed by atoms with Crippen molar-refractivity contribution in [2.45, 2.75) is 71.1 Å². The molecule has 0 aromatic heterocycles. The molecule has 0 aromatic rings. The first-order valence-corrected chi connectivity index (χ1v) is 10.2. The maximum absolute atomic E-state index is 4.89. The molecule has 1 spiro atoms. The van der Waals surface area contributed by atoms with Crippen LogP contribution < -0.4 is 5.32 Å². The molecule has 3 aliphatic rings. The van der Waals surface area contributed by atoms with Crippen LogP contribution in [0.15, 0.2) is 4.99 Å². The third-order valence-electron chi connectivity index (χ3n) is 6.07. The molecule has 120 valence electrons. The van der Waals surface area contributed by atoms with Gasteiger partial charge >= 0.3 is 0 Å². The van der Waals surface area contributed by atoms with E-state index in [-0.39, 0.29) is 0 Å². The highest BCUT2D eigenvalue weighted by Crippen LogP contribution is 2.41. The minimum absolute atomic E-state index is 0.563. The van der Waals surface area contributed by atoms with Crippen LogP contribution in [0.1, 0.15) is 71.1 Å². The van der Waals surface area contributed by atoms with Crippen LogP contribution in [-0.2, 0) is 0 Å². The van der Waals surface area contributed by atoms with E-state index in [4.69, 9.17) is 4.99 Å². The van der Waals surface area contributed by atoms with E-state index in [1.54, 1.807) is 0 Å². The van der Waals surface area contributed by atoms with Crippen LogP contribution in [-0.4, -0.2) is 24.0 Å². The summed E-state index contributed by atoms with van der Waals surface area (Å²) in [6.07, 6.45) is 14.3. The first-order chi connectivity index (χ1) is 10.3. The molecule has 0 aromatic carbocycles. The monoisotopic (exact) mass is 308 g/mol. The molecule has 2 aliphatic carbocycles. The largest absolute Gasteiger partial charge is 0.365 e. The molecule has 3 heteroatoms. The molecule has 0 bridgehead atoms. The third-order valence-corrected chi connectivity index (χ3v) is 7.38. The Labute approximate surface area is 134 Å². The Kier molecular flexibility index (Phi) is 5.53. The van der Waals surface area contributed by atoms with Crippen molar-refractivity contribution in [3.05, 3.63) is 0 Å². The molecule has 1 heterocycles. The number of hydrogen-bond donors (Lipinski definition) is 1. The number of amidine groups is 1. The Morgan fingerprint density at radius 2 is 1.81 bits per heavy atom. The minimum atomic E-state index is 0.563. The second-order valence-electron chi connectivity index (χ2n) is 7.65. The molecular formula is C18H32N2S. The van der Waals surface area contributed by atoms with Crippen LogP contribution >= 0.6 is 11.8 Å². The SMILES string of the molecule is CCC1CCC(CNC2=NCC3(CCCCC3)CS2)CC1. The van der Waals surface area contributed by atoms with Gasteiger partial charge in [-0.15, -0.1) is 0 Å². The second kappa shape index (κ2) is 7.39. The lowest BCUT2D eigenvalue weighted by atomic mass is 9.75. The average molecular weight is 309 g/mol. The summed E-state index contributed by atoms with van der Waals surface area (Å²) in [5.74, 6) is 3.21. The number of hydrogen-bond acceptors (Lipinski definition) is 3. The van der Waals surface area contributed by atoms with E-state index in [1.807, 2.05) is 11.8 Å². The van der Waals surface area contributed by atoms with Crippen molar-refractivity contribution in [1.29, 1.82) is 0 Å². The lowest BCUT2D eigenvalue weighted by Crippen LogP contribution is -2.38. The zero-order valence-corrected chi connectivity index (χ0v) is 14.5. The lowest BCUT2D eigenvalue weighted by Gasteiger charge is -2.38. The third kappa shape index (κ3) is 4.18. The first kappa shape index (κ1) is 15.7. The van der Waals surface area contributed by atoms with Gasteiger partial charge in [0.15, 0.2) is 5.17 Å². The van der Waals surface area contributed by atoms with Crippen LogP contribution in [0.3, 0.4) is 0 Å². The minimum Gasteiger partial charge on any atom is -0.365 e. The molecule has 0 unspecified atom stereocenters. The molecule has 1 N–H and O–H groups in total. The summed E-state index contributed by atoms with van der Waals surface area (Å²) in [5, 5.41) is 4.90. The Morgan fingerprint density at radius 1 is 1.10 bits per heavy atom. The fourth-order valence-electron chi connectivity index (χ4n) is 4.34. The quantitative estimate of drug-likeness (QED) is 0.806. The molecule has 3 rings (SSSR count). The van der Waals surface area contributed by atoms with Gasteiger partial charge in [-0.1, -0.05) is 57.2 Å². The van der Waals surface area contributed by atoms with Crippen LogP contribution in [0.2, 0.25) is 0 Å². The summed E-state index contributed by atoms with van der Waals surface area (Å²) in [4.78, 5) is 4.89.